The van der Waals surface area contributed by atoms with Crippen LogP contribution in [0.15, 0.2) is 30.3 Å². The first-order valence-corrected chi connectivity index (χ1v) is 7.57. The Morgan fingerprint density at radius 1 is 0.957 bits per heavy atom. The zero-order valence-corrected chi connectivity index (χ0v) is 14.0. The summed E-state index contributed by atoms with van der Waals surface area (Å²) in [6, 6.07) is 9.44. The molecule has 0 spiro atoms. The lowest BCUT2D eigenvalue weighted by Gasteiger charge is -2.17. The van der Waals surface area contributed by atoms with Gasteiger partial charge in [0.2, 0.25) is 0 Å². The second-order valence-electron chi connectivity index (χ2n) is 6.63. The molecule has 23 heavy (non-hydrogen) atoms. The maximum atomic E-state index is 11.6. The van der Waals surface area contributed by atoms with Gasteiger partial charge < -0.3 is 9.47 Å². The molecule has 0 aliphatic carbocycles. The van der Waals surface area contributed by atoms with Gasteiger partial charge in [-0.2, -0.15) is 0 Å². The monoisotopic (exact) mass is 320 g/mol. The summed E-state index contributed by atoms with van der Waals surface area (Å²) in [7, 11) is 0. The average molecular weight is 320 g/mol. The predicted octanol–water partition coefficient (Wildman–Crippen LogP) is 2.71. The zero-order chi connectivity index (χ0) is 17.3. The minimum atomic E-state index is -0.595. The third kappa shape index (κ3) is 9.58. The molecule has 0 unspecified atom stereocenters. The lowest BCUT2D eigenvalue weighted by molar-refractivity contribution is -0.148. The van der Waals surface area contributed by atoms with Gasteiger partial charge in [-0.1, -0.05) is 51.1 Å². The van der Waals surface area contributed by atoms with E-state index in [-0.39, 0.29) is 37.3 Å². The number of rotatable bonds is 9. The van der Waals surface area contributed by atoms with Gasteiger partial charge in [-0.25, -0.2) is 0 Å². The van der Waals surface area contributed by atoms with E-state index in [4.69, 9.17) is 9.47 Å². The van der Waals surface area contributed by atoms with E-state index in [1.807, 2.05) is 51.1 Å². The van der Waals surface area contributed by atoms with Gasteiger partial charge in [0.15, 0.2) is 11.6 Å². The van der Waals surface area contributed by atoms with Crippen molar-refractivity contribution in [2.45, 2.75) is 40.2 Å². The number of ketones is 2. The van der Waals surface area contributed by atoms with Gasteiger partial charge >= 0.3 is 5.97 Å². The molecule has 0 fully saturated rings. The van der Waals surface area contributed by atoms with Crippen LogP contribution in [0.3, 0.4) is 0 Å². The van der Waals surface area contributed by atoms with Crippen LogP contribution in [0.25, 0.3) is 0 Å². The summed E-state index contributed by atoms with van der Waals surface area (Å²) >= 11 is 0. The normalized spacial score (nSPS) is 11.1. The molecule has 0 amide bonds. The lowest BCUT2D eigenvalue weighted by Crippen LogP contribution is -2.21. The van der Waals surface area contributed by atoms with Crippen molar-refractivity contribution in [2.24, 2.45) is 5.41 Å². The first kappa shape index (κ1) is 19.0. The van der Waals surface area contributed by atoms with Crippen LogP contribution in [-0.2, 0) is 30.5 Å². The van der Waals surface area contributed by atoms with Crippen molar-refractivity contribution in [3.05, 3.63) is 35.9 Å². The van der Waals surface area contributed by atoms with Crippen LogP contribution in [0.2, 0.25) is 0 Å². The Kier molecular flexibility index (Phi) is 7.62. The largest absolute Gasteiger partial charge is 0.465 e. The third-order valence-corrected chi connectivity index (χ3v) is 2.78. The standard InChI is InChI=1S/C18H24O5/c1-18(2,3)13-23-17(21)10-15(19)9-16(20)12-22-11-14-7-5-4-6-8-14/h4-8H,9-13H2,1-3H3. The SMILES string of the molecule is CC(C)(C)COC(=O)CC(=O)CC(=O)COCc1ccccc1. The number of carbonyl (C=O) groups excluding carboxylic acids is 3. The van der Waals surface area contributed by atoms with E-state index in [1.54, 1.807) is 0 Å². The molecule has 0 aromatic heterocycles. The molecule has 0 aliphatic rings. The third-order valence-electron chi connectivity index (χ3n) is 2.78. The number of carbonyl (C=O) groups is 3. The first-order valence-electron chi connectivity index (χ1n) is 7.57. The zero-order valence-electron chi connectivity index (χ0n) is 14.0. The van der Waals surface area contributed by atoms with Gasteiger partial charge in [0.1, 0.15) is 13.0 Å². The molecule has 5 nitrogen and oxygen atoms in total. The minimum absolute atomic E-state index is 0.141. The van der Waals surface area contributed by atoms with Gasteiger partial charge in [0.05, 0.1) is 19.6 Å². The van der Waals surface area contributed by atoms with E-state index in [9.17, 15) is 14.4 Å². The summed E-state index contributed by atoms with van der Waals surface area (Å²) in [6.45, 7) is 6.19. The number of Topliss-reactive ketones (excluding diaryl/α,β-unsaturated/α-hetero) is 2. The highest BCUT2D eigenvalue weighted by Gasteiger charge is 2.18. The second-order valence-corrected chi connectivity index (χ2v) is 6.63. The van der Waals surface area contributed by atoms with Gasteiger partial charge in [-0.3, -0.25) is 14.4 Å². The highest BCUT2D eigenvalue weighted by molar-refractivity contribution is 6.05. The van der Waals surface area contributed by atoms with Gasteiger partial charge in [-0.15, -0.1) is 0 Å². The van der Waals surface area contributed by atoms with E-state index in [2.05, 4.69) is 0 Å². The van der Waals surface area contributed by atoms with Crippen molar-refractivity contribution in [2.75, 3.05) is 13.2 Å². The van der Waals surface area contributed by atoms with Crippen LogP contribution >= 0.6 is 0 Å². The summed E-state index contributed by atoms with van der Waals surface area (Å²) in [6.07, 6.45) is -0.681. The molecule has 126 valence electrons. The van der Waals surface area contributed by atoms with Crippen molar-refractivity contribution < 1.29 is 23.9 Å². The number of hydrogen-bond donors (Lipinski definition) is 0. The van der Waals surface area contributed by atoms with Crippen molar-refractivity contribution >= 4 is 17.5 Å². The van der Waals surface area contributed by atoms with E-state index < -0.39 is 11.8 Å². The molecule has 0 heterocycles. The molecular formula is C18H24O5. The van der Waals surface area contributed by atoms with Crippen molar-refractivity contribution in [1.29, 1.82) is 0 Å². The Labute approximate surface area is 137 Å². The highest BCUT2D eigenvalue weighted by Crippen LogP contribution is 2.13. The second kappa shape index (κ2) is 9.20. The Morgan fingerprint density at radius 2 is 1.61 bits per heavy atom. The Morgan fingerprint density at radius 3 is 2.22 bits per heavy atom. The van der Waals surface area contributed by atoms with Crippen molar-refractivity contribution in [1.82, 2.24) is 0 Å². The first-order chi connectivity index (χ1) is 10.8. The summed E-state index contributed by atoms with van der Waals surface area (Å²) in [4.78, 5) is 34.8. The predicted molar refractivity (Wildman–Crippen MR) is 85.8 cm³/mol. The van der Waals surface area contributed by atoms with Crippen LogP contribution in [0.4, 0.5) is 0 Å². The molecule has 0 radical (unpaired) electrons. The number of benzene rings is 1. The van der Waals surface area contributed by atoms with Crippen LogP contribution in [0.1, 0.15) is 39.2 Å². The minimum Gasteiger partial charge on any atom is -0.465 e. The fourth-order valence-electron chi connectivity index (χ4n) is 1.70. The van der Waals surface area contributed by atoms with Crippen LogP contribution in [0, 0.1) is 5.41 Å². The Bertz CT molecular complexity index is 528. The Balaban J connectivity index is 2.20. The molecule has 0 saturated carbocycles. The Hall–Kier alpha value is -2.01. The van der Waals surface area contributed by atoms with Crippen LogP contribution in [-0.4, -0.2) is 30.7 Å². The summed E-state index contributed by atoms with van der Waals surface area (Å²) < 4.78 is 10.3. The molecule has 1 rings (SSSR count). The molecule has 1 aromatic rings. The van der Waals surface area contributed by atoms with E-state index in [0.717, 1.165) is 5.56 Å². The van der Waals surface area contributed by atoms with Gasteiger partial charge in [0.25, 0.3) is 0 Å². The number of ether oxygens (including phenoxy) is 2. The van der Waals surface area contributed by atoms with E-state index in [0.29, 0.717) is 6.61 Å². The maximum Gasteiger partial charge on any atom is 0.313 e. The van der Waals surface area contributed by atoms with Crippen LogP contribution in [0.5, 0.6) is 0 Å². The lowest BCUT2D eigenvalue weighted by atomic mass is 9.99. The topological polar surface area (TPSA) is 69.7 Å². The average Bonchev–Trinajstić information content (AvgIpc) is 2.45. The van der Waals surface area contributed by atoms with Gasteiger partial charge in [0, 0.05) is 0 Å². The highest BCUT2D eigenvalue weighted by atomic mass is 16.5. The fraction of sp³-hybridized carbons (Fsp3) is 0.500. The van der Waals surface area contributed by atoms with Crippen molar-refractivity contribution in [3.63, 3.8) is 0 Å². The van der Waals surface area contributed by atoms with Crippen LogP contribution < -0.4 is 0 Å². The molecule has 1 aromatic carbocycles. The number of esters is 1. The molecular weight excluding hydrogens is 296 g/mol. The fourth-order valence-corrected chi connectivity index (χ4v) is 1.70. The molecule has 0 N–H and O–H groups in total. The van der Waals surface area contributed by atoms with Gasteiger partial charge in [-0.05, 0) is 11.0 Å². The molecule has 0 aliphatic heterocycles. The molecule has 0 atom stereocenters. The molecule has 5 heteroatoms. The number of hydrogen-bond acceptors (Lipinski definition) is 5. The van der Waals surface area contributed by atoms with E-state index >= 15 is 0 Å². The smallest absolute Gasteiger partial charge is 0.313 e. The quantitative estimate of drug-likeness (QED) is 0.517. The molecule has 0 bridgehead atoms. The van der Waals surface area contributed by atoms with E-state index in [1.165, 1.54) is 0 Å². The summed E-state index contributed by atoms with van der Waals surface area (Å²) in [5.41, 5.74) is 0.803. The summed E-state index contributed by atoms with van der Waals surface area (Å²) in [5, 5.41) is 0. The maximum absolute atomic E-state index is 11.6. The van der Waals surface area contributed by atoms with Crippen molar-refractivity contribution in [3.8, 4) is 0 Å². The summed E-state index contributed by atoms with van der Waals surface area (Å²) in [5.74, 6) is -1.38. The molecule has 0 saturated heterocycles.